The molecule has 24 heavy (non-hydrogen) atoms. The van der Waals surface area contributed by atoms with Crippen molar-refractivity contribution in [2.45, 2.75) is 32.4 Å². The standard InChI is InChI=1S/C17H24N6O/c1-2-23-11-14(10-20-23)15-12-22(7-8-24-15)17-9-16(18-13-19-17)21-5-3-4-6-21/h9-11,13,15H,2-8,12H2,1H3. The molecule has 1 unspecified atom stereocenters. The van der Waals surface area contributed by atoms with Gasteiger partial charge in [0.15, 0.2) is 0 Å². The molecule has 0 aliphatic carbocycles. The highest BCUT2D eigenvalue weighted by Gasteiger charge is 2.25. The van der Waals surface area contributed by atoms with E-state index < -0.39 is 0 Å². The quantitative estimate of drug-likeness (QED) is 0.854. The number of rotatable bonds is 4. The summed E-state index contributed by atoms with van der Waals surface area (Å²) in [6.07, 6.45) is 8.21. The van der Waals surface area contributed by atoms with E-state index >= 15 is 0 Å². The van der Waals surface area contributed by atoms with Gasteiger partial charge < -0.3 is 14.5 Å². The molecule has 0 bridgehead atoms. The predicted molar refractivity (Wildman–Crippen MR) is 92.3 cm³/mol. The molecular weight excluding hydrogens is 304 g/mol. The lowest BCUT2D eigenvalue weighted by Crippen LogP contribution is -2.39. The number of ether oxygens (including phenoxy) is 1. The van der Waals surface area contributed by atoms with Gasteiger partial charge >= 0.3 is 0 Å². The smallest absolute Gasteiger partial charge is 0.134 e. The van der Waals surface area contributed by atoms with Crippen LogP contribution in [-0.4, -0.2) is 52.5 Å². The summed E-state index contributed by atoms with van der Waals surface area (Å²) in [6, 6.07) is 2.11. The van der Waals surface area contributed by atoms with Crippen LogP contribution >= 0.6 is 0 Å². The van der Waals surface area contributed by atoms with E-state index in [2.05, 4.69) is 44.1 Å². The zero-order valence-corrected chi connectivity index (χ0v) is 14.1. The van der Waals surface area contributed by atoms with Gasteiger partial charge in [-0.15, -0.1) is 0 Å². The van der Waals surface area contributed by atoms with Crippen LogP contribution in [0.2, 0.25) is 0 Å². The molecule has 4 rings (SSSR count). The molecule has 4 heterocycles. The average Bonchev–Trinajstić information content (AvgIpc) is 3.34. The fraction of sp³-hybridized carbons (Fsp3) is 0.588. The van der Waals surface area contributed by atoms with Gasteiger partial charge in [-0.3, -0.25) is 4.68 Å². The first-order valence-corrected chi connectivity index (χ1v) is 8.79. The molecule has 0 saturated carbocycles. The van der Waals surface area contributed by atoms with Crippen molar-refractivity contribution in [3.63, 3.8) is 0 Å². The van der Waals surface area contributed by atoms with Crippen molar-refractivity contribution in [2.24, 2.45) is 0 Å². The van der Waals surface area contributed by atoms with Gasteiger partial charge in [0.05, 0.1) is 12.8 Å². The number of aryl methyl sites for hydroxylation is 1. The van der Waals surface area contributed by atoms with Gasteiger partial charge in [0.25, 0.3) is 0 Å². The molecule has 1 atom stereocenters. The highest BCUT2D eigenvalue weighted by atomic mass is 16.5. The fourth-order valence-corrected chi connectivity index (χ4v) is 3.41. The second-order valence-electron chi connectivity index (χ2n) is 6.36. The molecule has 2 aliphatic rings. The summed E-state index contributed by atoms with van der Waals surface area (Å²) in [4.78, 5) is 13.6. The molecular formula is C17H24N6O. The normalized spacial score (nSPS) is 21.5. The Morgan fingerprint density at radius 3 is 2.67 bits per heavy atom. The Balaban J connectivity index is 1.50. The Labute approximate surface area is 142 Å². The van der Waals surface area contributed by atoms with Crippen molar-refractivity contribution >= 4 is 11.6 Å². The zero-order valence-electron chi connectivity index (χ0n) is 14.1. The van der Waals surface area contributed by atoms with Crippen LogP contribution in [0.25, 0.3) is 0 Å². The van der Waals surface area contributed by atoms with Crippen molar-refractivity contribution in [3.8, 4) is 0 Å². The first kappa shape index (κ1) is 15.4. The Morgan fingerprint density at radius 1 is 1.12 bits per heavy atom. The van der Waals surface area contributed by atoms with Crippen LogP contribution in [0.4, 0.5) is 11.6 Å². The van der Waals surface area contributed by atoms with Crippen LogP contribution in [0.3, 0.4) is 0 Å². The maximum Gasteiger partial charge on any atom is 0.134 e. The third kappa shape index (κ3) is 3.08. The monoisotopic (exact) mass is 328 g/mol. The number of hydrogen-bond acceptors (Lipinski definition) is 6. The first-order valence-electron chi connectivity index (χ1n) is 8.79. The number of aromatic nitrogens is 4. The molecule has 0 spiro atoms. The summed E-state index contributed by atoms with van der Waals surface area (Å²) in [7, 11) is 0. The van der Waals surface area contributed by atoms with E-state index in [1.54, 1.807) is 6.33 Å². The third-order valence-electron chi connectivity index (χ3n) is 4.81. The van der Waals surface area contributed by atoms with Crippen molar-refractivity contribution in [1.82, 2.24) is 19.7 Å². The molecule has 0 radical (unpaired) electrons. The largest absolute Gasteiger partial charge is 0.370 e. The third-order valence-corrected chi connectivity index (χ3v) is 4.81. The van der Waals surface area contributed by atoms with Crippen molar-refractivity contribution in [3.05, 3.63) is 30.4 Å². The predicted octanol–water partition coefficient (Wildman–Crippen LogP) is 1.87. The van der Waals surface area contributed by atoms with Crippen molar-refractivity contribution < 1.29 is 4.74 Å². The molecule has 0 amide bonds. The molecule has 7 heteroatoms. The Morgan fingerprint density at radius 2 is 1.92 bits per heavy atom. The van der Waals surface area contributed by atoms with Crippen LogP contribution in [0.5, 0.6) is 0 Å². The lowest BCUT2D eigenvalue weighted by molar-refractivity contribution is 0.0394. The van der Waals surface area contributed by atoms with E-state index in [1.165, 1.54) is 12.8 Å². The lowest BCUT2D eigenvalue weighted by atomic mass is 10.1. The number of nitrogens with zero attached hydrogens (tertiary/aromatic N) is 6. The van der Waals surface area contributed by atoms with E-state index in [0.717, 1.165) is 49.9 Å². The highest BCUT2D eigenvalue weighted by Crippen LogP contribution is 2.27. The second-order valence-corrected chi connectivity index (χ2v) is 6.36. The number of morpholine rings is 1. The Kier molecular flexibility index (Phi) is 4.34. The van der Waals surface area contributed by atoms with Gasteiger partial charge in [-0.1, -0.05) is 0 Å². The lowest BCUT2D eigenvalue weighted by Gasteiger charge is -2.33. The zero-order chi connectivity index (χ0) is 16.4. The average molecular weight is 328 g/mol. The van der Waals surface area contributed by atoms with E-state index in [4.69, 9.17) is 4.74 Å². The van der Waals surface area contributed by atoms with Crippen LogP contribution < -0.4 is 9.80 Å². The van der Waals surface area contributed by atoms with E-state index in [0.29, 0.717) is 6.61 Å². The molecule has 128 valence electrons. The Bertz CT molecular complexity index is 681. The molecule has 0 aromatic carbocycles. The summed E-state index contributed by atoms with van der Waals surface area (Å²) in [5, 5.41) is 4.36. The van der Waals surface area contributed by atoms with Gasteiger partial charge in [-0.25, -0.2) is 9.97 Å². The van der Waals surface area contributed by atoms with Gasteiger partial charge in [-0.05, 0) is 19.8 Å². The SMILES string of the molecule is CCn1cc(C2CN(c3cc(N4CCCC4)ncn3)CCO2)cn1. The minimum Gasteiger partial charge on any atom is -0.370 e. The second kappa shape index (κ2) is 6.76. The van der Waals surface area contributed by atoms with Crippen LogP contribution in [0, 0.1) is 0 Å². The summed E-state index contributed by atoms with van der Waals surface area (Å²) < 4.78 is 7.89. The maximum absolute atomic E-state index is 5.95. The van der Waals surface area contributed by atoms with Gasteiger partial charge in [0.2, 0.25) is 0 Å². The van der Waals surface area contributed by atoms with E-state index in [9.17, 15) is 0 Å². The van der Waals surface area contributed by atoms with Crippen LogP contribution in [-0.2, 0) is 11.3 Å². The minimum absolute atomic E-state index is 0.0456. The molecule has 2 aliphatic heterocycles. The van der Waals surface area contributed by atoms with Crippen LogP contribution in [0.15, 0.2) is 24.8 Å². The van der Waals surface area contributed by atoms with Crippen molar-refractivity contribution in [1.29, 1.82) is 0 Å². The minimum atomic E-state index is 0.0456. The number of anilines is 2. The summed E-state index contributed by atoms with van der Waals surface area (Å²) >= 11 is 0. The van der Waals surface area contributed by atoms with Gasteiger partial charge in [0, 0.05) is 50.6 Å². The molecule has 2 fully saturated rings. The maximum atomic E-state index is 5.95. The van der Waals surface area contributed by atoms with E-state index in [1.807, 2.05) is 10.9 Å². The number of hydrogen-bond donors (Lipinski definition) is 0. The molecule has 2 aromatic rings. The van der Waals surface area contributed by atoms with Gasteiger partial charge in [0.1, 0.15) is 24.1 Å². The van der Waals surface area contributed by atoms with Gasteiger partial charge in [-0.2, -0.15) is 5.10 Å². The van der Waals surface area contributed by atoms with E-state index in [-0.39, 0.29) is 6.10 Å². The van der Waals surface area contributed by atoms with Crippen LogP contribution in [0.1, 0.15) is 31.4 Å². The molecule has 2 aromatic heterocycles. The molecule has 7 nitrogen and oxygen atoms in total. The van der Waals surface area contributed by atoms with Crippen molar-refractivity contribution in [2.75, 3.05) is 42.6 Å². The highest BCUT2D eigenvalue weighted by molar-refractivity contribution is 5.51. The molecule has 2 saturated heterocycles. The molecule has 0 N–H and O–H groups in total. The first-order chi connectivity index (χ1) is 11.8. The summed E-state index contributed by atoms with van der Waals surface area (Å²) in [5.41, 5.74) is 1.13. The topological polar surface area (TPSA) is 59.3 Å². The fourth-order valence-electron chi connectivity index (χ4n) is 3.41. The summed E-state index contributed by atoms with van der Waals surface area (Å²) in [5.74, 6) is 2.03. The summed E-state index contributed by atoms with van der Waals surface area (Å²) in [6.45, 7) is 7.51. The Hall–Kier alpha value is -2.15.